The van der Waals surface area contributed by atoms with Crippen LogP contribution < -0.4 is 10.6 Å². The van der Waals surface area contributed by atoms with Crippen LogP contribution in [-0.4, -0.2) is 51.0 Å². The van der Waals surface area contributed by atoms with Crippen molar-refractivity contribution in [2.24, 2.45) is 11.8 Å². The Hall–Kier alpha value is -0.650. The van der Waals surface area contributed by atoms with Gasteiger partial charge in [0.25, 0.3) is 0 Å². The predicted octanol–water partition coefficient (Wildman–Crippen LogP) is 0.152. The summed E-state index contributed by atoms with van der Waals surface area (Å²) in [6, 6.07) is 0.402. The molecule has 0 spiro atoms. The number of hydrogen-bond donors (Lipinski definition) is 2. The summed E-state index contributed by atoms with van der Waals surface area (Å²) >= 11 is 0. The molecule has 4 unspecified atom stereocenters. The highest BCUT2D eigenvalue weighted by atomic mass is 16.5. The van der Waals surface area contributed by atoms with Gasteiger partial charge in [-0.1, -0.05) is 13.8 Å². The Bertz CT molecular complexity index is 285. The van der Waals surface area contributed by atoms with Gasteiger partial charge in [-0.3, -0.25) is 4.79 Å². The van der Waals surface area contributed by atoms with E-state index in [0.29, 0.717) is 19.1 Å². The van der Waals surface area contributed by atoms with Gasteiger partial charge in [0.05, 0.1) is 25.7 Å². The summed E-state index contributed by atoms with van der Waals surface area (Å²) in [5.74, 6) is 0.458. The lowest BCUT2D eigenvalue weighted by molar-refractivity contribution is -0.127. The van der Waals surface area contributed by atoms with Crippen LogP contribution in [0.5, 0.6) is 0 Å². The maximum atomic E-state index is 12.3. The molecule has 18 heavy (non-hydrogen) atoms. The van der Waals surface area contributed by atoms with Crippen LogP contribution in [0.3, 0.4) is 0 Å². The Morgan fingerprint density at radius 2 is 2.06 bits per heavy atom. The fourth-order valence-electron chi connectivity index (χ4n) is 2.66. The zero-order chi connectivity index (χ0) is 13.0. The molecule has 5 heteroatoms. The van der Waals surface area contributed by atoms with Crippen molar-refractivity contribution in [2.75, 3.05) is 33.0 Å². The first kappa shape index (κ1) is 13.8. The number of nitrogens with one attached hydrogen (secondary N) is 2. The van der Waals surface area contributed by atoms with E-state index in [9.17, 15) is 4.79 Å². The fraction of sp³-hybridized carbons (Fsp3) is 0.923. The Labute approximate surface area is 109 Å². The largest absolute Gasteiger partial charge is 0.381 e. The molecule has 0 radical (unpaired) electrons. The molecule has 0 saturated carbocycles. The van der Waals surface area contributed by atoms with Gasteiger partial charge in [0, 0.05) is 18.7 Å². The highest BCUT2D eigenvalue weighted by Gasteiger charge is 2.35. The van der Waals surface area contributed by atoms with Crippen LogP contribution in [0.25, 0.3) is 0 Å². The lowest BCUT2D eigenvalue weighted by Gasteiger charge is -2.31. The standard InChI is InChI=1S/C13H24N2O3/c1-3-14-12-8-18-7-10(12)13(16)15-11-4-5-17-6-9(11)2/h9-12,14H,3-8H2,1-2H3,(H,15,16). The molecule has 2 heterocycles. The first-order valence-electron chi connectivity index (χ1n) is 6.91. The molecule has 4 atom stereocenters. The lowest BCUT2D eigenvalue weighted by Crippen LogP contribution is -2.50. The first-order chi connectivity index (χ1) is 8.72. The minimum Gasteiger partial charge on any atom is -0.381 e. The molecule has 2 saturated heterocycles. The number of carbonyl (C=O) groups excluding carboxylic acids is 1. The van der Waals surface area contributed by atoms with E-state index < -0.39 is 0 Å². The second kappa shape index (κ2) is 6.50. The third-order valence-electron chi connectivity index (χ3n) is 3.85. The molecule has 1 amide bonds. The van der Waals surface area contributed by atoms with Crippen molar-refractivity contribution in [1.82, 2.24) is 10.6 Å². The normalized spacial score (nSPS) is 36.6. The van der Waals surface area contributed by atoms with E-state index in [1.165, 1.54) is 0 Å². The van der Waals surface area contributed by atoms with Gasteiger partial charge in [0.2, 0.25) is 5.91 Å². The third kappa shape index (κ3) is 3.22. The zero-order valence-corrected chi connectivity index (χ0v) is 11.3. The Balaban J connectivity index is 1.86. The second-order valence-electron chi connectivity index (χ2n) is 5.26. The minimum absolute atomic E-state index is 0.0556. The van der Waals surface area contributed by atoms with Crippen LogP contribution in [0.4, 0.5) is 0 Å². The van der Waals surface area contributed by atoms with Crippen molar-refractivity contribution in [1.29, 1.82) is 0 Å². The summed E-state index contributed by atoms with van der Waals surface area (Å²) in [5, 5.41) is 6.47. The molecule has 104 valence electrons. The molecule has 5 nitrogen and oxygen atoms in total. The number of likely N-dealkylation sites (N-methyl/N-ethyl adjacent to an activating group) is 1. The van der Waals surface area contributed by atoms with E-state index in [2.05, 4.69) is 17.6 Å². The van der Waals surface area contributed by atoms with Gasteiger partial charge in [-0.25, -0.2) is 0 Å². The average Bonchev–Trinajstić information content (AvgIpc) is 2.81. The molecular formula is C13H24N2O3. The molecule has 0 aromatic heterocycles. The van der Waals surface area contributed by atoms with Gasteiger partial charge in [-0.05, 0) is 18.9 Å². The quantitative estimate of drug-likeness (QED) is 0.752. The Morgan fingerprint density at radius 1 is 1.22 bits per heavy atom. The van der Waals surface area contributed by atoms with Gasteiger partial charge >= 0.3 is 0 Å². The van der Waals surface area contributed by atoms with Crippen molar-refractivity contribution in [2.45, 2.75) is 32.4 Å². The maximum Gasteiger partial charge on any atom is 0.227 e. The first-order valence-corrected chi connectivity index (χ1v) is 6.91. The zero-order valence-electron chi connectivity index (χ0n) is 11.3. The monoisotopic (exact) mass is 256 g/mol. The van der Waals surface area contributed by atoms with Gasteiger partial charge in [0.1, 0.15) is 0 Å². The lowest BCUT2D eigenvalue weighted by atomic mass is 9.95. The van der Waals surface area contributed by atoms with E-state index in [1.807, 2.05) is 6.92 Å². The summed E-state index contributed by atoms with van der Waals surface area (Å²) in [7, 11) is 0. The number of carbonyl (C=O) groups is 1. The van der Waals surface area contributed by atoms with Crippen LogP contribution in [0.15, 0.2) is 0 Å². The van der Waals surface area contributed by atoms with E-state index >= 15 is 0 Å². The topological polar surface area (TPSA) is 59.6 Å². The van der Waals surface area contributed by atoms with Crippen molar-refractivity contribution in [3.8, 4) is 0 Å². The molecule has 2 aliphatic rings. The molecular weight excluding hydrogens is 232 g/mol. The summed E-state index contributed by atoms with van der Waals surface area (Å²) < 4.78 is 10.8. The Kier molecular flexibility index (Phi) is 4.97. The number of hydrogen-bond acceptors (Lipinski definition) is 4. The highest BCUT2D eigenvalue weighted by molar-refractivity contribution is 5.80. The maximum absolute atomic E-state index is 12.3. The van der Waals surface area contributed by atoms with E-state index in [1.54, 1.807) is 0 Å². The molecule has 0 bridgehead atoms. The number of rotatable bonds is 4. The van der Waals surface area contributed by atoms with Crippen LogP contribution in [-0.2, 0) is 14.3 Å². The third-order valence-corrected chi connectivity index (χ3v) is 3.85. The molecule has 2 fully saturated rings. The summed E-state index contributed by atoms with van der Waals surface area (Å²) in [5.41, 5.74) is 0. The molecule has 2 rings (SSSR count). The van der Waals surface area contributed by atoms with Gasteiger partial charge < -0.3 is 20.1 Å². The fourth-order valence-corrected chi connectivity index (χ4v) is 2.66. The molecule has 2 N–H and O–H groups in total. The van der Waals surface area contributed by atoms with Crippen molar-refractivity contribution < 1.29 is 14.3 Å². The average molecular weight is 256 g/mol. The SMILES string of the molecule is CCNC1COCC1C(=O)NC1CCOCC1C. The molecule has 0 aromatic carbocycles. The van der Waals surface area contributed by atoms with Crippen molar-refractivity contribution >= 4 is 5.91 Å². The highest BCUT2D eigenvalue weighted by Crippen LogP contribution is 2.18. The second-order valence-corrected chi connectivity index (χ2v) is 5.26. The van der Waals surface area contributed by atoms with Gasteiger partial charge in [-0.2, -0.15) is 0 Å². The van der Waals surface area contributed by atoms with Gasteiger partial charge in [-0.15, -0.1) is 0 Å². The van der Waals surface area contributed by atoms with E-state index in [-0.39, 0.29) is 23.9 Å². The van der Waals surface area contributed by atoms with Crippen LogP contribution in [0.2, 0.25) is 0 Å². The van der Waals surface area contributed by atoms with Crippen LogP contribution in [0.1, 0.15) is 20.3 Å². The minimum atomic E-state index is -0.0556. The summed E-state index contributed by atoms with van der Waals surface area (Å²) in [6.45, 7) is 7.68. The van der Waals surface area contributed by atoms with Crippen molar-refractivity contribution in [3.63, 3.8) is 0 Å². The summed E-state index contributed by atoms with van der Waals surface area (Å²) in [4.78, 5) is 12.3. The van der Waals surface area contributed by atoms with E-state index in [4.69, 9.17) is 9.47 Å². The molecule has 0 aliphatic carbocycles. The Morgan fingerprint density at radius 3 is 2.78 bits per heavy atom. The summed E-state index contributed by atoms with van der Waals surface area (Å²) in [6.07, 6.45) is 0.909. The molecule has 0 aromatic rings. The van der Waals surface area contributed by atoms with Crippen molar-refractivity contribution in [3.05, 3.63) is 0 Å². The van der Waals surface area contributed by atoms with Crippen LogP contribution >= 0.6 is 0 Å². The predicted molar refractivity (Wildman–Crippen MR) is 68.3 cm³/mol. The van der Waals surface area contributed by atoms with Gasteiger partial charge in [0.15, 0.2) is 0 Å². The molecule has 2 aliphatic heterocycles. The van der Waals surface area contributed by atoms with E-state index in [0.717, 1.165) is 26.2 Å². The van der Waals surface area contributed by atoms with Crippen LogP contribution in [0, 0.1) is 11.8 Å². The number of amides is 1. The number of ether oxygens (including phenoxy) is 2. The smallest absolute Gasteiger partial charge is 0.227 e.